The number of ether oxygens (including phenoxy) is 2. The minimum atomic E-state index is -0.931. The molecule has 0 bridgehead atoms. The predicted molar refractivity (Wildman–Crippen MR) is 132 cm³/mol. The highest BCUT2D eigenvalue weighted by Gasteiger charge is 2.22. The summed E-state index contributed by atoms with van der Waals surface area (Å²) < 4.78 is 10.2. The summed E-state index contributed by atoms with van der Waals surface area (Å²) in [5, 5.41) is 27.4. The lowest BCUT2D eigenvalue weighted by molar-refractivity contribution is -0.139. The molecule has 3 unspecified atom stereocenters. The second-order valence-electron chi connectivity index (χ2n) is 8.43. The number of carboxylic acids is 1. The Bertz CT molecular complexity index is 964. The number of carbonyl (C=O) groups excluding carboxylic acids is 2. The summed E-state index contributed by atoms with van der Waals surface area (Å²) in [6.45, 7) is 3.55. The van der Waals surface area contributed by atoms with E-state index in [0.29, 0.717) is 24.2 Å². The Kier molecular flexibility index (Phi) is 12.5. The number of aliphatic hydroxyl groups excluding tert-OH is 1. The van der Waals surface area contributed by atoms with Crippen molar-refractivity contribution in [2.75, 3.05) is 14.2 Å². The Morgan fingerprint density at radius 3 is 2.34 bits per heavy atom. The van der Waals surface area contributed by atoms with E-state index in [4.69, 9.17) is 20.3 Å². The number of carbonyl (C=O) groups is 3. The fourth-order valence-corrected chi connectivity index (χ4v) is 3.07. The van der Waals surface area contributed by atoms with E-state index in [1.54, 1.807) is 44.2 Å². The van der Waals surface area contributed by atoms with Crippen LogP contribution in [0.15, 0.2) is 48.3 Å². The van der Waals surface area contributed by atoms with Gasteiger partial charge in [-0.1, -0.05) is 32.1 Å². The zero-order valence-electron chi connectivity index (χ0n) is 20.5. The lowest BCUT2D eigenvalue weighted by Gasteiger charge is -2.23. The smallest absolute Gasteiger partial charge is 0.320 e. The molecule has 0 amide bonds. The SMILES string of the molecule is CC(C)C(N)C(=O)O.COc1cc(/C=C/C(=O)CC(=O)/C=C/C2CC=C(O)C(OC)C2)ccc1O. The fraction of sp³-hybridized carbons (Fsp3) is 0.423. The van der Waals surface area contributed by atoms with Gasteiger partial charge in [0.1, 0.15) is 17.9 Å². The van der Waals surface area contributed by atoms with Crippen molar-refractivity contribution in [3.8, 4) is 11.5 Å². The van der Waals surface area contributed by atoms with Crippen LogP contribution in [0.2, 0.25) is 0 Å². The Balaban J connectivity index is 0.000000658. The molecule has 1 aromatic rings. The van der Waals surface area contributed by atoms with E-state index in [0.717, 1.165) is 0 Å². The Hall–Kier alpha value is -3.43. The number of nitrogens with two attached hydrogens (primary N) is 1. The number of allylic oxidation sites excluding steroid dienone is 4. The van der Waals surface area contributed by atoms with Crippen LogP contribution in [-0.2, 0) is 19.1 Å². The van der Waals surface area contributed by atoms with Crippen LogP contribution in [0.3, 0.4) is 0 Å². The van der Waals surface area contributed by atoms with E-state index >= 15 is 0 Å². The average Bonchev–Trinajstić information content (AvgIpc) is 2.82. The Labute approximate surface area is 205 Å². The summed E-state index contributed by atoms with van der Waals surface area (Å²) in [6, 6.07) is 4.00. The molecule has 1 aromatic carbocycles. The summed E-state index contributed by atoms with van der Waals surface area (Å²) in [5.74, 6) is -0.862. The molecule has 1 aliphatic carbocycles. The normalized spacial score (nSPS) is 18.6. The lowest BCUT2D eigenvalue weighted by Crippen LogP contribution is -2.34. The zero-order valence-corrected chi connectivity index (χ0v) is 20.5. The van der Waals surface area contributed by atoms with Crippen LogP contribution in [0.5, 0.6) is 11.5 Å². The Morgan fingerprint density at radius 1 is 1.14 bits per heavy atom. The second-order valence-corrected chi connectivity index (χ2v) is 8.43. The van der Waals surface area contributed by atoms with E-state index in [1.807, 2.05) is 0 Å². The van der Waals surface area contributed by atoms with Crippen LogP contribution in [0, 0.1) is 11.8 Å². The number of methoxy groups -OCH3 is 2. The van der Waals surface area contributed by atoms with E-state index < -0.39 is 12.0 Å². The number of aliphatic carboxylic acids is 1. The maximum absolute atomic E-state index is 12.0. The molecule has 3 atom stereocenters. The van der Waals surface area contributed by atoms with Crippen LogP contribution in [0.25, 0.3) is 6.08 Å². The van der Waals surface area contributed by atoms with Crippen molar-refractivity contribution in [3.05, 3.63) is 53.8 Å². The van der Waals surface area contributed by atoms with Crippen LogP contribution in [0.1, 0.15) is 38.7 Å². The van der Waals surface area contributed by atoms with Gasteiger partial charge in [0.25, 0.3) is 0 Å². The van der Waals surface area contributed by atoms with Gasteiger partial charge in [0, 0.05) is 7.11 Å². The topological polar surface area (TPSA) is 156 Å². The molecule has 0 saturated carbocycles. The number of aromatic hydroxyl groups is 1. The molecule has 9 nitrogen and oxygen atoms in total. The number of phenolic OH excluding ortho intramolecular Hbond substituents is 1. The van der Waals surface area contributed by atoms with Crippen LogP contribution >= 0.6 is 0 Å². The summed E-state index contributed by atoms with van der Waals surface area (Å²) in [7, 11) is 2.97. The number of rotatable bonds is 10. The standard InChI is InChI=1S/C21H24O6.C5H11NO2/c1-26-20-11-14(5-9-18(20)24)3-7-16(22)13-17(23)8-4-15-6-10-19(25)21(12-15)27-2;1-3(2)4(6)5(7)8/h3-5,7-11,15,21,24-25H,6,12-13H2,1-2H3;3-4H,6H2,1-2H3,(H,7,8)/b7-3+,8-4+;. The van der Waals surface area contributed by atoms with E-state index in [-0.39, 0.29) is 47.4 Å². The summed E-state index contributed by atoms with van der Waals surface area (Å²) in [4.78, 5) is 33.9. The minimum Gasteiger partial charge on any atom is -0.510 e. The van der Waals surface area contributed by atoms with Crippen LogP contribution < -0.4 is 10.5 Å². The van der Waals surface area contributed by atoms with Crippen LogP contribution in [0.4, 0.5) is 0 Å². The quantitative estimate of drug-likeness (QED) is 0.285. The molecule has 0 aliphatic heterocycles. The van der Waals surface area contributed by atoms with Crippen molar-refractivity contribution in [2.24, 2.45) is 17.6 Å². The van der Waals surface area contributed by atoms with Gasteiger partial charge < -0.3 is 30.5 Å². The van der Waals surface area contributed by atoms with E-state index in [1.165, 1.54) is 32.4 Å². The van der Waals surface area contributed by atoms with Gasteiger partial charge in [0.2, 0.25) is 0 Å². The highest BCUT2D eigenvalue weighted by atomic mass is 16.5. The number of benzene rings is 1. The van der Waals surface area contributed by atoms with Crippen molar-refractivity contribution in [1.82, 2.24) is 0 Å². The van der Waals surface area contributed by atoms with Gasteiger partial charge in [-0.25, -0.2) is 0 Å². The summed E-state index contributed by atoms with van der Waals surface area (Å²) >= 11 is 0. The lowest BCUT2D eigenvalue weighted by atomic mass is 9.90. The van der Waals surface area contributed by atoms with Crippen molar-refractivity contribution in [3.63, 3.8) is 0 Å². The first-order valence-electron chi connectivity index (χ1n) is 11.2. The molecule has 0 spiro atoms. The number of phenols is 1. The van der Waals surface area contributed by atoms with Crippen molar-refractivity contribution >= 4 is 23.6 Å². The summed E-state index contributed by atoms with van der Waals surface area (Å²) in [5.41, 5.74) is 5.84. The van der Waals surface area contributed by atoms with Gasteiger partial charge in [-0.05, 0) is 60.6 Å². The highest BCUT2D eigenvalue weighted by Crippen LogP contribution is 2.27. The third-order valence-electron chi connectivity index (χ3n) is 5.33. The first-order chi connectivity index (χ1) is 16.5. The number of aliphatic hydroxyl groups is 1. The minimum absolute atomic E-state index is 0.0166. The molecule has 35 heavy (non-hydrogen) atoms. The fourth-order valence-electron chi connectivity index (χ4n) is 3.07. The molecule has 5 N–H and O–H groups in total. The van der Waals surface area contributed by atoms with Crippen molar-refractivity contribution in [1.29, 1.82) is 0 Å². The molecule has 0 saturated heterocycles. The number of hydrogen-bond acceptors (Lipinski definition) is 8. The zero-order chi connectivity index (χ0) is 26.5. The number of carboxylic acid groups (broad SMARTS) is 1. The number of ketones is 2. The van der Waals surface area contributed by atoms with Gasteiger partial charge in [-0.3, -0.25) is 14.4 Å². The third-order valence-corrected chi connectivity index (χ3v) is 5.33. The van der Waals surface area contributed by atoms with E-state index in [9.17, 15) is 24.6 Å². The molecule has 2 rings (SSSR count). The first-order valence-corrected chi connectivity index (χ1v) is 11.2. The maximum Gasteiger partial charge on any atom is 0.320 e. The van der Waals surface area contributed by atoms with Gasteiger partial charge in [-0.15, -0.1) is 0 Å². The molecular formula is C26H35NO8. The monoisotopic (exact) mass is 489 g/mol. The van der Waals surface area contributed by atoms with Crippen molar-refractivity contribution in [2.45, 2.75) is 45.3 Å². The van der Waals surface area contributed by atoms with Gasteiger partial charge in [0.05, 0.1) is 13.5 Å². The molecular weight excluding hydrogens is 454 g/mol. The Morgan fingerprint density at radius 2 is 1.80 bits per heavy atom. The molecule has 0 radical (unpaired) electrons. The predicted octanol–water partition coefficient (Wildman–Crippen LogP) is 3.42. The molecule has 1 aliphatic rings. The van der Waals surface area contributed by atoms with E-state index in [2.05, 4.69) is 0 Å². The summed E-state index contributed by atoms with van der Waals surface area (Å²) in [6.07, 6.45) is 8.43. The average molecular weight is 490 g/mol. The van der Waals surface area contributed by atoms with Gasteiger partial charge in [0.15, 0.2) is 23.1 Å². The second kappa shape index (κ2) is 14.7. The number of hydrogen-bond donors (Lipinski definition) is 4. The van der Waals surface area contributed by atoms with Gasteiger partial charge in [-0.2, -0.15) is 0 Å². The molecule has 0 aromatic heterocycles. The third kappa shape index (κ3) is 10.6. The largest absolute Gasteiger partial charge is 0.510 e. The van der Waals surface area contributed by atoms with Gasteiger partial charge >= 0.3 is 5.97 Å². The maximum atomic E-state index is 12.0. The molecule has 0 fully saturated rings. The molecule has 0 heterocycles. The van der Waals surface area contributed by atoms with Crippen molar-refractivity contribution < 1.29 is 39.2 Å². The van der Waals surface area contributed by atoms with Crippen LogP contribution in [-0.4, -0.2) is 59.2 Å². The molecule has 9 heteroatoms. The molecule has 192 valence electrons. The first kappa shape index (κ1) is 29.6. The highest BCUT2D eigenvalue weighted by molar-refractivity contribution is 6.09.